The number of alkyl halides is 3. The van der Waals surface area contributed by atoms with E-state index in [1.807, 2.05) is 43.3 Å². The number of sulfonamides is 1. The summed E-state index contributed by atoms with van der Waals surface area (Å²) in [4.78, 5) is 11.5. The summed E-state index contributed by atoms with van der Waals surface area (Å²) in [6.45, 7) is 2.40. The number of hydrogen-bond donors (Lipinski definition) is 3. The van der Waals surface area contributed by atoms with Crippen LogP contribution in [0, 0.1) is 0 Å². The summed E-state index contributed by atoms with van der Waals surface area (Å²) in [6.07, 6.45) is -5.12. The number of hydrogen-bond acceptors (Lipinski definition) is 5. The van der Waals surface area contributed by atoms with Gasteiger partial charge < -0.3 is 20.1 Å². The highest BCUT2D eigenvalue weighted by atomic mass is 79.9. The number of benzene rings is 3. The van der Waals surface area contributed by atoms with Crippen molar-refractivity contribution >= 4 is 42.8 Å². The Kier molecular flexibility index (Phi) is 9.48. The molecule has 0 aliphatic heterocycles. The fourth-order valence-electron chi connectivity index (χ4n) is 4.61. The lowest BCUT2D eigenvalue weighted by Gasteiger charge is -2.20. The highest BCUT2D eigenvalue weighted by Gasteiger charge is 2.43. The maximum atomic E-state index is 12.9. The molecule has 0 saturated carbocycles. The number of aromatic nitrogens is 1. The molecule has 0 aliphatic rings. The van der Waals surface area contributed by atoms with Crippen LogP contribution in [0.1, 0.15) is 40.2 Å². The first-order valence-corrected chi connectivity index (χ1v) is 15.1. The Morgan fingerprint density at radius 2 is 1.71 bits per heavy atom. The van der Waals surface area contributed by atoms with Crippen LogP contribution in [0.5, 0.6) is 0 Å². The van der Waals surface area contributed by atoms with Gasteiger partial charge >= 0.3 is 12.3 Å². The predicted molar refractivity (Wildman–Crippen MR) is 156 cm³/mol. The Bertz CT molecular complexity index is 1690. The van der Waals surface area contributed by atoms with Gasteiger partial charge in [-0.1, -0.05) is 46.3 Å². The second-order valence-electron chi connectivity index (χ2n) is 9.98. The lowest BCUT2D eigenvalue weighted by molar-refractivity contribution is -0.202. The molecule has 0 aliphatic carbocycles. The van der Waals surface area contributed by atoms with Crippen LogP contribution in [0.2, 0.25) is 0 Å². The molecule has 4 aromatic rings. The van der Waals surface area contributed by atoms with Gasteiger partial charge in [-0.15, -0.1) is 4.31 Å². The Morgan fingerprint density at radius 3 is 2.33 bits per heavy atom. The number of aliphatic hydroxyl groups is 1. The molecule has 13 heteroatoms. The van der Waals surface area contributed by atoms with Gasteiger partial charge in [0.1, 0.15) is 5.69 Å². The van der Waals surface area contributed by atoms with E-state index in [-0.39, 0.29) is 18.3 Å². The first kappa shape index (κ1) is 31.7. The molecule has 0 radical (unpaired) electrons. The molecule has 0 fully saturated rings. The van der Waals surface area contributed by atoms with Crippen LogP contribution >= 0.6 is 15.9 Å². The highest BCUT2D eigenvalue weighted by Crippen LogP contribution is 2.28. The van der Waals surface area contributed by atoms with Crippen molar-refractivity contribution < 1.29 is 36.6 Å². The average molecular weight is 669 g/mol. The van der Waals surface area contributed by atoms with E-state index in [9.17, 15) is 36.6 Å². The number of rotatable bonds is 11. The van der Waals surface area contributed by atoms with Gasteiger partial charge in [-0.25, -0.2) is 13.2 Å². The van der Waals surface area contributed by atoms with E-state index in [1.165, 1.54) is 12.1 Å². The van der Waals surface area contributed by atoms with E-state index >= 15 is 0 Å². The second kappa shape index (κ2) is 12.6. The zero-order chi connectivity index (χ0) is 30.8. The summed E-state index contributed by atoms with van der Waals surface area (Å²) in [7, 11) is -4.35. The van der Waals surface area contributed by atoms with Crippen molar-refractivity contribution in [2.24, 2.45) is 0 Å². The Balaban J connectivity index is 1.49. The predicted octanol–water partition coefficient (Wildman–Crippen LogP) is 5.54. The van der Waals surface area contributed by atoms with Crippen LogP contribution in [-0.2, 0) is 23.0 Å². The first-order chi connectivity index (χ1) is 19.7. The fraction of sp³-hybridized carbons (Fsp3) is 0.276. The lowest BCUT2D eigenvalue weighted by Crippen LogP contribution is -2.39. The van der Waals surface area contributed by atoms with Crippen molar-refractivity contribution in [2.75, 3.05) is 13.6 Å². The van der Waals surface area contributed by atoms with E-state index in [0.29, 0.717) is 36.5 Å². The topological polar surface area (TPSA) is 112 Å². The molecular formula is C29H29BrF3N3O5S. The van der Waals surface area contributed by atoms with Crippen molar-refractivity contribution in [3.63, 3.8) is 0 Å². The van der Waals surface area contributed by atoms with Crippen LogP contribution in [0.25, 0.3) is 10.9 Å². The van der Waals surface area contributed by atoms with Crippen LogP contribution in [-0.4, -0.2) is 59.4 Å². The lowest BCUT2D eigenvalue weighted by atomic mass is 10.0. The normalized spacial score (nSPS) is 13.9. The molecule has 4 rings (SSSR count). The zero-order valence-corrected chi connectivity index (χ0v) is 25.0. The number of carboxylic acid groups (broad SMARTS) is 1. The van der Waals surface area contributed by atoms with Gasteiger partial charge in [0.2, 0.25) is 10.0 Å². The summed E-state index contributed by atoms with van der Waals surface area (Å²) < 4.78 is 65.2. The zero-order valence-electron chi connectivity index (χ0n) is 22.6. The summed E-state index contributed by atoms with van der Waals surface area (Å²) in [6, 6.07) is 19.4. The van der Waals surface area contributed by atoms with Gasteiger partial charge in [-0.2, -0.15) is 13.2 Å². The minimum Gasteiger partial charge on any atom is -0.477 e. The molecule has 1 aromatic heterocycles. The maximum absolute atomic E-state index is 12.9. The number of carbonyl (C=O) groups is 1. The monoisotopic (exact) mass is 667 g/mol. The van der Waals surface area contributed by atoms with Gasteiger partial charge in [0, 0.05) is 41.6 Å². The molecule has 3 N–H and O–H groups in total. The molecule has 42 heavy (non-hydrogen) atoms. The molecule has 224 valence electrons. The number of fused-ring (bicyclic) bond motifs is 1. The minimum atomic E-state index is -5.06. The van der Waals surface area contributed by atoms with Crippen molar-refractivity contribution in [3.8, 4) is 0 Å². The van der Waals surface area contributed by atoms with E-state index in [1.54, 1.807) is 16.7 Å². The Morgan fingerprint density at radius 1 is 1.05 bits per heavy atom. The quantitative estimate of drug-likeness (QED) is 0.181. The molecular weight excluding hydrogens is 639 g/mol. The summed E-state index contributed by atoms with van der Waals surface area (Å²) in [5.41, 5.74) is 2.90. The third kappa shape index (κ3) is 7.21. The summed E-state index contributed by atoms with van der Waals surface area (Å²) in [5.74, 6) is -1.16. The third-order valence-electron chi connectivity index (χ3n) is 6.90. The van der Waals surface area contributed by atoms with Crippen LogP contribution < -0.4 is 5.32 Å². The van der Waals surface area contributed by atoms with Crippen molar-refractivity contribution in [1.29, 1.82) is 0 Å². The molecule has 2 atom stereocenters. The van der Waals surface area contributed by atoms with E-state index in [4.69, 9.17) is 0 Å². The minimum absolute atomic E-state index is 0.0106. The number of aromatic carboxylic acids is 1. The molecule has 1 heterocycles. The number of carboxylic acids is 1. The second-order valence-corrected chi connectivity index (χ2v) is 12.9. The number of nitrogens with one attached hydrogen (secondary N) is 1. The van der Waals surface area contributed by atoms with Gasteiger partial charge in [-0.05, 0) is 72.5 Å². The number of nitrogens with zero attached hydrogens (tertiary/aromatic N) is 2. The summed E-state index contributed by atoms with van der Waals surface area (Å²) >= 11 is 3.40. The molecule has 0 amide bonds. The third-order valence-corrected chi connectivity index (χ3v) is 9.19. The molecule has 3 aromatic carbocycles. The standard InChI is InChI=1S/C29H29BrF3N3O5S/c1-18(34-16-27(37)21-4-3-5-23(30)14-21)12-20-8-11-25-22(13-20)15-26(28(38)39)36(25)17-19-6-9-24(10-7-19)42(40,41)35(2)29(31,32)33/h3-11,13-15,18,27,34,37H,12,16-17H2,1-2H3,(H,38,39). The van der Waals surface area contributed by atoms with E-state index in [0.717, 1.165) is 27.7 Å². The Hall–Kier alpha value is -3.23. The van der Waals surface area contributed by atoms with Gasteiger partial charge in [0.15, 0.2) is 0 Å². The Labute approximate surface area is 249 Å². The highest BCUT2D eigenvalue weighted by molar-refractivity contribution is 9.10. The molecule has 0 spiro atoms. The molecule has 0 bridgehead atoms. The van der Waals surface area contributed by atoms with Crippen LogP contribution in [0.3, 0.4) is 0 Å². The number of aliphatic hydroxyl groups excluding tert-OH is 1. The molecule has 2 unspecified atom stereocenters. The van der Waals surface area contributed by atoms with Crippen molar-refractivity contribution in [3.05, 3.63) is 99.7 Å². The van der Waals surface area contributed by atoms with Gasteiger partial charge in [0.05, 0.1) is 11.0 Å². The first-order valence-electron chi connectivity index (χ1n) is 12.8. The SMILES string of the molecule is CC(Cc1ccc2c(c1)cc(C(=O)O)n2Cc1ccc(S(=O)(=O)N(C)C(F)(F)F)cc1)NCC(O)c1cccc(Br)c1. The van der Waals surface area contributed by atoms with Crippen LogP contribution in [0.4, 0.5) is 13.2 Å². The van der Waals surface area contributed by atoms with Crippen molar-refractivity contribution in [2.45, 2.75) is 43.2 Å². The average Bonchev–Trinajstić information content (AvgIpc) is 3.28. The molecule has 8 nitrogen and oxygen atoms in total. The van der Waals surface area contributed by atoms with E-state index in [2.05, 4.69) is 21.2 Å². The number of halogens is 4. The largest absolute Gasteiger partial charge is 0.477 e. The van der Waals surface area contributed by atoms with Crippen LogP contribution in [0.15, 0.2) is 82.2 Å². The smallest absolute Gasteiger partial charge is 0.473 e. The van der Waals surface area contributed by atoms with Crippen molar-refractivity contribution in [1.82, 2.24) is 14.2 Å². The van der Waals surface area contributed by atoms with Gasteiger partial charge in [0.25, 0.3) is 0 Å². The van der Waals surface area contributed by atoms with Gasteiger partial charge in [-0.3, -0.25) is 0 Å². The molecule has 0 saturated heterocycles. The summed E-state index contributed by atoms with van der Waals surface area (Å²) in [5, 5.41) is 24.3. The van der Waals surface area contributed by atoms with E-state index < -0.39 is 37.6 Å². The maximum Gasteiger partial charge on any atom is 0.473 e. The fourth-order valence-corrected chi connectivity index (χ4v) is 6.09.